The number of pyridine rings is 1. The van der Waals surface area contributed by atoms with Crippen molar-refractivity contribution >= 4 is 21.7 Å². The predicted molar refractivity (Wildman–Crippen MR) is 57.0 cm³/mol. The summed E-state index contributed by atoms with van der Waals surface area (Å²) in [5, 5.41) is 3.16. The molecule has 0 saturated carbocycles. The van der Waals surface area contributed by atoms with Crippen LogP contribution in [0, 0.1) is 6.92 Å². The summed E-state index contributed by atoms with van der Waals surface area (Å²) < 4.78 is 5.95. The van der Waals surface area contributed by atoms with Crippen LogP contribution in [0.25, 0.3) is 0 Å². The summed E-state index contributed by atoms with van der Waals surface area (Å²) >= 11 is 3.40. The van der Waals surface area contributed by atoms with Gasteiger partial charge in [-0.25, -0.2) is 4.98 Å². The van der Waals surface area contributed by atoms with Gasteiger partial charge in [-0.05, 0) is 35.0 Å². The maximum Gasteiger partial charge on any atom is 0.126 e. The Morgan fingerprint density at radius 1 is 1.54 bits per heavy atom. The average molecular weight is 245 g/mol. The van der Waals surface area contributed by atoms with Crippen molar-refractivity contribution in [2.24, 2.45) is 0 Å². The first kappa shape index (κ1) is 10.5. The number of aryl methyl sites for hydroxylation is 1. The Morgan fingerprint density at radius 3 is 2.92 bits per heavy atom. The average Bonchev–Trinajstić information content (AvgIpc) is 2.12. The van der Waals surface area contributed by atoms with Crippen LogP contribution >= 0.6 is 15.9 Å². The Balaban J connectivity index is 2.53. The Morgan fingerprint density at radius 2 is 2.31 bits per heavy atom. The quantitative estimate of drug-likeness (QED) is 0.826. The maximum atomic E-state index is 4.92. The molecule has 0 aliphatic heterocycles. The standard InChI is InChI=1S/C9H13BrN2O/c1-7-8(10)3-4-9(12-7)11-5-6-13-2/h3-4H,5-6H2,1-2H3,(H,11,12). The fourth-order valence-corrected chi connectivity index (χ4v) is 1.14. The Hall–Kier alpha value is -0.610. The van der Waals surface area contributed by atoms with Crippen molar-refractivity contribution in [3.8, 4) is 0 Å². The van der Waals surface area contributed by atoms with Crippen molar-refractivity contribution in [2.75, 3.05) is 25.6 Å². The van der Waals surface area contributed by atoms with Crippen LogP contribution in [0.15, 0.2) is 16.6 Å². The largest absolute Gasteiger partial charge is 0.383 e. The summed E-state index contributed by atoms with van der Waals surface area (Å²) in [5.41, 5.74) is 0.988. The molecule has 1 rings (SSSR count). The van der Waals surface area contributed by atoms with E-state index >= 15 is 0 Å². The van der Waals surface area contributed by atoms with Crippen LogP contribution in [0.3, 0.4) is 0 Å². The second kappa shape index (κ2) is 5.19. The molecule has 1 heterocycles. The van der Waals surface area contributed by atoms with E-state index in [4.69, 9.17) is 4.74 Å². The summed E-state index contributed by atoms with van der Waals surface area (Å²) in [7, 11) is 1.68. The number of hydrogen-bond acceptors (Lipinski definition) is 3. The summed E-state index contributed by atoms with van der Waals surface area (Å²) in [4.78, 5) is 4.33. The monoisotopic (exact) mass is 244 g/mol. The number of anilines is 1. The third-order valence-electron chi connectivity index (χ3n) is 1.63. The van der Waals surface area contributed by atoms with Gasteiger partial charge in [0, 0.05) is 18.1 Å². The zero-order valence-corrected chi connectivity index (χ0v) is 9.39. The molecular formula is C9H13BrN2O. The summed E-state index contributed by atoms with van der Waals surface area (Å²) in [6, 6.07) is 3.92. The lowest BCUT2D eigenvalue weighted by atomic mass is 10.4. The van der Waals surface area contributed by atoms with Gasteiger partial charge in [-0.15, -0.1) is 0 Å². The lowest BCUT2D eigenvalue weighted by Crippen LogP contribution is -2.08. The van der Waals surface area contributed by atoms with Gasteiger partial charge in [0.25, 0.3) is 0 Å². The Kier molecular flexibility index (Phi) is 4.18. The molecule has 1 aromatic rings. The van der Waals surface area contributed by atoms with Crippen molar-refractivity contribution in [3.05, 3.63) is 22.3 Å². The number of hydrogen-bond donors (Lipinski definition) is 1. The third-order valence-corrected chi connectivity index (χ3v) is 2.47. The second-order valence-corrected chi connectivity index (χ2v) is 3.54. The molecule has 0 aromatic carbocycles. The van der Waals surface area contributed by atoms with Gasteiger partial charge < -0.3 is 10.1 Å². The van der Waals surface area contributed by atoms with E-state index in [1.54, 1.807) is 7.11 Å². The SMILES string of the molecule is COCCNc1ccc(Br)c(C)n1. The minimum absolute atomic E-state index is 0.691. The number of methoxy groups -OCH3 is 1. The normalized spacial score (nSPS) is 10.1. The smallest absolute Gasteiger partial charge is 0.126 e. The maximum absolute atomic E-state index is 4.92. The van der Waals surface area contributed by atoms with Gasteiger partial charge >= 0.3 is 0 Å². The minimum atomic E-state index is 0.691. The number of aromatic nitrogens is 1. The molecule has 0 amide bonds. The molecule has 0 radical (unpaired) electrons. The van der Waals surface area contributed by atoms with Crippen molar-refractivity contribution in [2.45, 2.75) is 6.92 Å². The van der Waals surface area contributed by atoms with E-state index in [1.165, 1.54) is 0 Å². The molecule has 72 valence electrons. The van der Waals surface area contributed by atoms with E-state index in [1.807, 2.05) is 19.1 Å². The highest BCUT2D eigenvalue weighted by molar-refractivity contribution is 9.10. The van der Waals surface area contributed by atoms with Gasteiger partial charge in [-0.2, -0.15) is 0 Å². The molecule has 0 aliphatic rings. The number of halogens is 1. The molecule has 0 saturated heterocycles. The van der Waals surface area contributed by atoms with E-state index in [0.717, 1.165) is 22.5 Å². The van der Waals surface area contributed by atoms with Gasteiger partial charge in [0.2, 0.25) is 0 Å². The van der Waals surface area contributed by atoms with Crippen LogP contribution in [-0.4, -0.2) is 25.2 Å². The van der Waals surface area contributed by atoms with Gasteiger partial charge in [-0.3, -0.25) is 0 Å². The highest BCUT2D eigenvalue weighted by Crippen LogP contribution is 2.15. The van der Waals surface area contributed by atoms with Crippen LogP contribution in [0.2, 0.25) is 0 Å². The third kappa shape index (κ3) is 3.32. The van der Waals surface area contributed by atoms with Crippen molar-refractivity contribution in [1.29, 1.82) is 0 Å². The fourth-order valence-electron chi connectivity index (χ4n) is 0.924. The fraction of sp³-hybridized carbons (Fsp3) is 0.444. The van der Waals surface area contributed by atoms with E-state index in [0.29, 0.717) is 6.61 Å². The van der Waals surface area contributed by atoms with Crippen molar-refractivity contribution in [1.82, 2.24) is 4.98 Å². The van der Waals surface area contributed by atoms with E-state index in [-0.39, 0.29) is 0 Å². The molecule has 0 unspecified atom stereocenters. The highest BCUT2D eigenvalue weighted by Gasteiger charge is 1.97. The molecule has 1 aromatic heterocycles. The van der Waals surface area contributed by atoms with Crippen molar-refractivity contribution in [3.63, 3.8) is 0 Å². The van der Waals surface area contributed by atoms with E-state index in [2.05, 4.69) is 26.2 Å². The molecule has 0 fully saturated rings. The summed E-state index contributed by atoms with van der Waals surface area (Å²) in [6.45, 7) is 3.44. The first-order valence-electron chi connectivity index (χ1n) is 4.10. The summed E-state index contributed by atoms with van der Waals surface area (Å²) in [6.07, 6.45) is 0. The molecule has 3 nitrogen and oxygen atoms in total. The number of nitrogens with one attached hydrogen (secondary N) is 1. The van der Waals surface area contributed by atoms with Gasteiger partial charge in [0.05, 0.1) is 12.3 Å². The zero-order chi connectivity index (χ0) is 9.68. The second-order valence-electron chi connectivity index (χ2n) is 2.68. The number of nitrogens with zero attached hydrogens (tertiary/aromatic N) is 1. The van der Waals surface area contributed by atoms with Crippen LogP contribution < -0.4 is 5.32 Å². The number of rotatable bonds is 4. The topological polar surface area (TPSA) is 34.1 Å². The van der Waals surface area contributed by atoms with E-state index < -0.39 is 0 Å². The Labute approximate surface area is 86.6 Å². The van der Waals surface area contributed by atoms with Gasteiger partial charge in [0.1, 0.15) is 5.82 Å². The van der Waals surface area contributed by atoms with Crippen molar-refractivity contribution < 1.29 is 4.74 Å². The van der Waals surface area contributed by atoms with Crippen LogP contribution in [-0.2, 0) is 4.74 Å². The minimum Gasteiger partial charge on any atom is -0.383 e. The van der Waals surface area contributed by atoms with Gasteiger partial charge in [-0.1, -0.05) is 0 Å². The lowest BCUT2D eigenvalue weighted by molar-refractivity contribution is 0.210. The van der Waals surface area contributed by atoms with Crippen LogP contribution in [0.4, 0.5) is 5.82 Å². The molecule has 0 aliphatic carbocycles. The molecule has 0 spiro atoms. The van der Waals surface area contributed by atoms with E-state index in [9.17, 15) is 0 Å². The first-order chi connectivity index (χ1) is 6.24. The number of ether oxygens (including phenoxy) is 1. The summed E-state index contributed by atoms with van der Waals surface area (Å²) in [5.74, 6) is 0.887. The first-order valence-corrected chi connectivity index (χ1v) is 4.89. The lowest BCUT2D eigenvalue weighted by Gasteiger charge is -2.05. The molecule has 4 heteroatoms. The van der Waals surface area contributed by atoms with Gasteiger partial charge in [0.15, 0.2) is 0 Å². The van der Waals surface area contributed by atoms with Crippen LogP contribution in [0.5, 0.6) is 0 Å². The Bertz CT molecular complexity index is 278. The highest BCUT2D eigenvalue weighted by atomic mass is 79.9. The molecule has 1 N–H and O–H groups in total. The molecule has 0 bridgehead atoms. The zero-order valence-electron chi connectivity index (χ0n) is 7.80. The molecule has 0 atom stereocenters. The van der Waals surface area contributed by atoms with Crippen LogP contribution in [0.1, 0.15) is 5.69 Å². The molecule has 13 heavy (non-hydrogen) atoms. The predicted octanol–water partition coefficient (Wildman–Crippen LogP) is 2.21. The molecular weight excluding hydrogens is 232 g/mol.